The van der Waals surface area contributed by atoms with Crippen LogP contribution in [-0.2, 0) is 14.3 Å². The third-order valence-corrected chi connectivity index (χ3v) is 4.51. The van der Waals surface area contributed by atoms with Gasteiger partial charge in [-0.2, -0.15) is 0 Å². The maximum atomic E-state index is 13.0. The van der Waals surface area contributed by atoms with E-state index in [1.165, 1.54) is 25.3 Å². The molecule has 7 heteroatoms. The van der Waals surface area contributed by atoms with Crippen LogP contribution < -0.4 is 9.64 Å². The number of benzene rings is 2. The summed E-state index contributed by atoms with van der Waals surface area (Å²) in [7, 11) is 1.43. The number of imide groups is 1. The number of nitrogens with zero attached hydrogens (tertiary/aromatic N) is 1. The number of carbonyl (C=O) groups is 3. The van der Waals surface area contributed by atoms with E-state index < -0.39 is 23.5 Å². The van der Waals surface area contributed by atoms with Crippen LogP contribution in [0.5, 0.6) is 5.75 Å². The molecule has 1 aliphatic heterocycles. The monoisotopic (exact) mass is 395 g/mol. The van der Waals surface area contributed by atoms with E-state index in [1.807, 2.05) is 6.92 Å². The van der Waals surface area contributed by atoms with Crippen molar-refractivity contribution in [3.8, 4) is 5.75 Å². The van der Waals surface area contributed by atoms with Crippen molar-refractivity contribution in [3.05, 3.63) is 65.4 Å². The Morgan fingerprint density at radius 3 is 2.55 bits per heavy atom. The first-order valence-electron chi connectivity index (χ1n) is 9.22. The summed E-state index contributed by atoms with van der Waals surface area (Å²) >= 11 is 0. The van der Waals surface area contributed by atoms with Crippen LogP contribution in [-0.4, -0.2) is 36.6 Å². The Kier molecular flexibility index (Phi) is 5.97. The zero-order chi connectivity index (χ0) is 21.0. The molecule has 1 aliphatic rings. The van der Waals surface area contributed by atoms with E-state index in [0.717, 1.165) is 17.7 Å². The fourth-order valence-corrected chi connectivity index (χ4v) is 3.01. The summed E-state index contributed by atoms with van der Waals surface area (Å²) in [6, 6.07) is 12.6. The van der Waals surface area contributed by atoms with Gasteiger partial charge in [0.15, 0.2) is 5.76 Å². The van der Waals surface area contributed by atoms with Crippen molar-refractivity contribution in [1.82, 2.24) is 0 Å². The molecule has 2 aromatic carbocycles. The highest BCUT2D eigenvalue weighted by Gasteiger charge is 2.41. The number of para-hydroxylation sites is 1. The summed E-state index contributed by atoms with van der Waals surface area (Å²) < 4.78 is 10.4. The summed E-state index contributed by atoms with van der Waals surface area (Å²) in [5, 5.41) is 10.4. The Morgan fingerprint density at radius 2 is 1.83 bits per heavy atom. The Bertz CT molecular complexity index is 994. The normalized spacial score (nSPS) is 13.8. The smallest absolute Gasteiger partial charge is 0.338 e. The Hall–Kier alpha value is -3.61. The molecule has 3 rings (SSSR count). The van der Waals surface area contributed by atoms with E-state index >= 15 is 0 Å². The Morgan fingerprint density at radius 1 is 1.07 bits per heavy atom. The predicted molar refractivity (Wildman–Crippen MR) is 107 cm³/mol. The SMILES string of the molecule is CCCCOC(=O)c1cccc(N2C(=O)C(O)=C(c3ccccc3OC)C2=O)c1. The van der Waals surface area contributed by atoms with Gasteiger partial charge in [0.1, 0.15) is 5.75 Å². The number of amides is 2. The maximum absolute atomic E-state index is 13.0. The molecule has 0 unspecified atom stereocenters. The van der Waals surface area contributed by atoms with Crippen molar-refractivity contribution < 1.29 is 29.0 Å². The average Bonchev–Trinajstić information content (AvgIpc) is 2.96. The highest BCUT2D eigenvalue weighted by Crippen LogP contribution is 2.36. The van der Waals surface area contributed by atoms with Gasteiger partial charge < -0.3 is 14.6 Å². The molecule has 7 nitrogen and oxygen atoms in total. The van der Waals surface area contributed by atoms with Gasteiger partial charge in [-0.3, -0.25) is 9.59 Å². The van der Waals surface area contributed by atoms with Crippen molar-refractivity contribution >= 4 is 29.0 Å². The van der Waals surface area contributed by atoms with E-state index in [-0.39, 0.29) is 16.8 Å². The number of carbonyl (C=O) groups excluding carboxylic acids is 3. The molecule has 0 atom stereocenters. The molecule has 1 heterocycles. The molecular formula is C22H21NO6. The molecule has 0 spiro atoms. The first-order chi connectivity index (χ1) is 14.0. The lowest BCUT2D eigenvalue weighted by Crippen LogP contribution is -2.31. The summed E-state index contributed by atoms with van der Waals surface area (Å²) in [6.45, 7) is 2.28. The number of hydrogen-bond acceptors (Lipinski definition) is 6. The maximum Gasteiger partial charge on any atom is 0.338 e. The number of ether oxygens (including phenoxy) is 2. The highest BCUT2D eigenvalue weighted by atomic mass is 16.5. The largest absolute Gasteiger partial charge is 0.502 e. The minimum atomic E-state index is -0.868. The molecule has 2 aromatic rings. The zero-order valence-electron chi connectivity index (χ0n) is 16.2. The number of hydrogen-bond donors (Lipinski definition) is 1. The molecule has 0 radical (unpaired) electrons. The van der Waals surface area contributed by atoms with Crippen molar-refractivity contribution in [2.24, 2.45) is 0 Å². The molecule has 0 aromatic heterocycles. The van der Waals surface area contributed by atoms with Crippen LogP contribution in [0.4, 0.5) is 5.69 Å². The van der Waals surface area contributed by atoms with Crippen LogP contribution in [0.3, 0.4) is 0 Å². The van der Waals surface area contributed by atoms with Gasteiger partial charge in [-0.15, -0.1) is 0 Å². The number of anilines is 1. The molecule has 1 N–H and O–H groups in total. The third kappa shape index (κ3) is 3.85. The van der Waals surface area contributed by atoms with E-state index in [2.05, 4.69) is 0 Å². The van der Waals surface area contributed by atoms with E-state index in [1.54, 1.807) is 30.3 Å². The number of methoxy groups -OCH3 is 1. The number of aliphatic hydroxyl groups excluding tert-OH is 1. The van der Waals surface area contributed by atoms with Gasteiger partial charge in [-0.1, -0.05) is 37.6 Å². The lowest BCUT2D eigenvalue weighted by molar-refractivity contribution is -0.121. The molecule has 0 aliphatic carbocycles. The third-order valence-electron chi connectivity index (χ3n) is 4.51. The number of esters is 1. The van der Waals surface area contributed by atoms with Crippen LogP contribution in [0, 0.1) is 0 Å². The molecule has 0 saturated heterocycles. The molecule has 0 fully saturated rings. The van der Waals surface area contributed by atoms with Crippen LogP contribution in [0.2, 0.25) is 0 Å². The van der Waals surface area contributed by atoms with Gasteiger partial charge in [-0.05, 0) is 30.7 Å². The minimum Gasteiger partial charge on any atom is -0.502 e. The van der Waals surface area contributed by atoms with E-state index in [0.29, 0.717) is 17.9 Å². The standard InChI is InChI=1S/C22H21NO6/c1-3-4-12-29-22(27)14-8-7-9-15(13-14)23-20(25)18(19(24)21(23)26)16-10-5-6-11-17(16)28-2/h5-11,13,24H,3-4,12H2,1-2H3. The predicted octanol–water partition coefficient (Wildman–Crippen LogP) is 3.49. The molecule has 0 saturated carbocycles. The van der Waals surface area contributed by atoms with Crippen molar-refractivity contribution in [2.75, 3.05) is 18.6 Å². The van der Waals surface area contributed by atoms with Crippen LogP contribution in [0.1, 0.15) is 35.7 Å². The second-order valence-corrected chi connectivity index (χ2v) is 6.41. The summed E-state index contributed by atoms with van der Waals surface area (Å²) in [5.41, 5.74) is 0.540. The average molecular weight is 395 g/mol. The first-order valence-corrected chi connectivity index (χ1v) is 9.22. The van der Waals surface area contributed by atoms with E-state index in [9.17, 15) is 19.5 Å². The van der Waals surface area contributed by atoms with E-state index in [4.69, 9.17) is 9.47 Å². The second-order valence-electron chi connectivity index (χ2n) is 6.41. The number of unbranched alkanes of at least 4 members (excludes halogenated alkanes) is 1. The summed E-state index contributed by atoms with van der Waals surface area (Å²) in [6.07, 6.45) is 1.63. The number of rotatable bonds is 7. The van der Waals surface area contributed by atoms with Crippen molar-refractivity contribution in [2.45, 2.75) is 19.8 Å². The minimum absolute atomic E-state index is 0.150. The lowest BCUT2D eigenvalue weighted by atomic mass is 10.0. The van der Waals surface area contributed by atoms with Gasteiger partial charge in [0.2, 0.25) is 0 Å². The van der Waals surface area contributed by atoms with Crippen molar-refractivity contribution in [1.29, 1.82) is 0 Å². The first kappa shape index (κ1) is 20.1. The topological polar surface area (TPSA) is 93.1 Å². The van der Waals surface area contributed by atoms with Gasteiger partial charge >= 0.3 is 11.9 Å². The van der Waals surface area contributed by atoms with Gasteiger partial charge in [0, 0.05) is 5.56 Å². The Balaban J connectivity index is 1.92. The van der Waals surface area contributed by atoms with Crippen LogP contribution in [0.25, 0.3) is 5.57 Å². The highest BCUT2D eigenvalue weighted by molar-refractivity contribution is 6.45. The lowest BCUT2D eigenvalue weighted by Gasteiger charge is -2.16. The molecular weight excluding hydrogens is 374 g/mol. The molecule has 2 amide bonds. The fourth-order valence-electron chi connectivity index (χ4n) is 3.01. The Labute approximate surface area is 168 Å². The van der Waals surface area contributed by atoms with Crippen LogP contribution in [0.15, 0.2) is 54.3 Å². The fraction of sp³-hybridized carbons (Fsp3) is 0.227. The van der Waals surface area contributed by atoms with Gasteiger partial charge in [-0.25, -0.2) is 9.69 Å². The van der Waals surface area contributed by atoms with Crippen LogP contribution >= 0.6 is 0 Å². The molecule has 29 heavy (non-hydrogen) atoms. The zero-order valence-corrected chi connectivity index (χ0v) is 16.2. The second kappa shape index (κ2) is 8.60. The molecule has 0 bridgehead atoms. The summed E-state index contributed by atoms with van der Waals surface area (Å²) in [5.74, 6) is -2.43. The quantitative estimate of drug-likeness (QED) is 0.438. The van der Waals surface area contributed by atoms with Gasteiger partial charge in [0.25, 0.3) is 5.91 Å². The van der Waals surface area contributed by atoms with Gasteiger partial charge in [0.05, 0.1) is 30.5 Å². The molecule has 150 valence electrons. The number of aliphatic hydroxyl groups is 1. The van der Waals surface area contributed by atoms with Crippen molar-refractivity contribution in [3.63, 3.8) is 0 Å². The summed E-state index contributed by atoms with van der Waals surface area (Å²) in [4.78, 5) is 38.7.